The molecular weight excluding hydrogens is 161 g/mol. The summed E-state index contributed by atoms with van der Waals surface area (Å²) in [5.74, 6) is 0. The zero-order valence-corrected chi connectivity index (χ0v) is 9.37. The fourth-order valence-corrected chi connectivity index (χ4v) is 0. The van der Waals surface area contributed by atoms with Crippen LogP contribution in [0.25, 0.3) is 0 Å². The van der Waals surface area contributed by atoms with Crippen LogP contribution in [0.15, 0.2) is 0 Å². The number of hydrogen-bond donors (Lipinski definition) is 0. The maximum Gasteiger partial charge on any atom is 2.00 e. The topological polar surface area (TPSA) is 106 Å². The van der Waals surface area contributed by atoms with Crippen molar-refractivity contribution in [2.75, 3.05) is 13.2 Å². The first-order valence-electron chi connectivity index (χ1n) is 1.99. The van der Waals surface area contributed by atoms with E-state index in [4.69, 9.17) is 10.2 Å². The van der Waals surface area contributed by atoms with Gasteiger partial charge in [-0.2, -0.15) is 0 Å². The van der Waals surface area contributed by atoms with E-state index in [1.54, 1.807) is 13.8 Å². The molecule has 0 fully saturated rings. The molecule has 0 unspecified atom stereocenters. The number of hydrogen-bond acceptors (Lipinski definition) is 4. The Morgan fingerprint density at radius 3 is 0.800 bits per heavy atom. The van der Waals surface area contributed by atoms with E-state index in [9.17, 15) is 0 Å². The van der Waals surface area contributed by atoms with Crippen LogP contribution in [0, 0.1) is 0 Å². The summed E-state index contributed by atoms with van der Waals surface area (Å²) >= 11 is 0. The molecule has 0 spiro atoms. The first-order valence-corrected chi connectivity index (χ1v) is 1.99. The third-order valence-electron chi connectivity index (χ3n) is 0. The fraction of sp³-hybridized carbons (Fsp3) is 1.00. The van der Waals surface area contributed by atoms with Crippen molar-refractivity contribution in [3.63, 3.8) is 0 Å². The first-order chi connectivity index (χ1) is 2.83. The molecule has 10 heavy (non-hydrogen) atoms. The van der Waals surface area contributed by atoms with Crippen molar-refractivity contribution in [3.8, 4) is 0 Å². The molecule has 0 bridgehead atoms. The third kappa shape index (κ3) is 349. The van der Waals surface area contributed by atoms with Gasteiger partial charge in [-0.1, -0.05) is 13.8 Å². The second-order valence-corrected chi connectivity index (χ2v) is 0.577. The van der Waals surface area contributed by atoms with Gasteiger partial charge in [0.2, 0.25) is 0 Å². The van der Waals surface area contributed by atoms with Gasteiger partial charge in [-0.15, -0.1) is 13.2 Å². The van der Waals surface area contributed by atoms with E-state index in [1.807, 2.05) is 0 Å². The summed E-state index contributed by atoms with van der Waals surface area (Å²) in [4.78, 5) is 0. The molecule has 0 saturated heterocycles. The van der Waals surface area contributed by atoms with E-state index in [-0.39, 0.29) is 70.3 Å². The zero-order chi connectivity index (χ0) is 5.41. The second kappa shape index (κ2) is 80.1. The molecule has 0 aromatic carbocycles. The van der Waals surface area contributed by atoms with Crippen molar-refractivity contribution in [1.82, 2.24) is 0 Å². The molecule has 0 aliphatic rings. The predicted octanol–water partition coefficient (Wildman–Crippen LogP) is -2.38. The van der Waals surface area contributed by atoms with Gasteiger partial charge in [-0.05, 0) is 0 Å². The summed E-state index contributed by atoms with van der Waals surface area (Å²) in [7, 11) is 0. The molecule has 0 heterocycles. The molecule has 4 nitrogen and oxygen atoms in total. The Bertz CT molecular complexity index is 17.2. The molecule has 0 atom stereocenters. The van der Waals surface area contributed by atoms with Crippen LogP contribution < -0.4 is 10.2 Å². The smallest absolute Gasteiger partial charge is 0.870 e. The van der Waals surface area contributed by atoms with Crippen LogP contribution in [-0.2, 0) is 0 Å². The Balaban J connectivity index is -0.00000000571. The zero-order valence-electron chi connectivity index (χ0n) is 6.54. The van der Waals surface area contributed by atoms with Crippen molar-refractivity contribution < 1.29 is 21.2 Å². The van der Waals surface area contributed by atoms with Crippen molar-refractivity contribution in [2.45, 2.75) is 13.8 Å². The average molecular weight is 173 g/mol. The molecule has 0 radical (unpaired) electrons. The molecule has 6 heteroatoms. The van der Waals surface area contributed by atoms with Crippen LogP contribution in [0.1, 0.15) is 13.8 Å². The van der Waals surface area contributed by atoms with Crippen LogP contribution >= 0.6 is 0 Å². The number of rotatable bonds is 0. The van der Waals surface area contributed by atoms with E-state index in [0.717, 1.165) is 0 Å². The molecule has 0 aliphatic heterocycles. The minimum absolute atomic E-state index is 0. The van der Waals surface area contributed by atoms with E-state index in [1.165, 1.54) is 0 Å². The van der Waals surface area contributed by atoms with Crippen LogP contribution in [0.2, 0.25) is 0 Å². The molecule has 56 valence electrons. The van der Waals surface area contributed by atoms with Crippen molar-refractivity contribution >= 4 is 46.1 Å². The molecule has 0 aliphatic carbocycles. The normalized spacial score (nSPS) is 3.60. The molecule has 2 N–H and O–H groups in total. The van der Waals surface area contributed by atoms with E-state index < -0.39 is 0 Å². The van der Waals surface area contributed by atoms with Gasteiger partial charge in [0.25, 0.3) is 0 Å². The summed E-state index contributed by atoms with van der Waals surface area (Å²) in [6, 6.07) is 0. The van der Waals surface area contributed by atoms with Gasteiger partial charge in [-0.25, -0.2) is 0 Å². The Kier molecular flexibility index (Phi) is 340. The summed E-state index contributed by atoms with van der Waals surface area (Å²) in [6.45, 7) is 3.14. The van der Waals surface area contributed by atoms with Gasteiger partial charge >= 0.3 is 46.1 Å². The summed E-state index contributed by atoms with van der Waals surface area (Å²) in [5.41, 5.74) is 0. The molecule has 0 aromatic heterocycles. The maximum absolute atomic E-state index is 8.93. The van der Waals surface area contributed by atoms with Gasteiger partial charge < -0.3 is 21.2 Å². The summed E-state index contributed by atoms with van der Waals surface area (Å²) in [5, 5.41) is 17.9. The Morgan fingerprint density at radius 2 is 0.800 bits per heavy atom. The van der Waals surface area contributed by atoms with Crippen LogP contribution in [0.5, 0.6) is 0 Å². The largest absolute Gasteiger partial charge is 2.00 e. The Morgan fingerprint density at radius 1 is 0.800 bits per heavy atom. The molecular formula is C4H12Mg2O4. The van der Waals surface area contributed by atoms with Crippen molar-refractivity contribution in [3.05, 3.63) is 0 Å². The van der Waals surface area contributed by atoms with E-state index >= 15 is 0 Å². The van der Waals surface area contributed by atoms with Gasteiger partial charge in [0.15, 0.2) is 0 Å². The summed E-state index contributed by atoms with van der Waals surface area (Å²) in [6.07, 6.45) is 0. The van der Waals surface area contributed by atoms with Gasteiger partial charge in [-0.3, -0.25) is 0 Å². The summed E-state index contributed by atoms with van der Waals surface area (Å²) < 4.78 is 0. The van der Waals surface area contributed by atoms with Gasteiger partial charge in [0.1, 0.15) is 0 Å². The molecule has 0 aromatic rings. The monoisotopic (exact) mass is 172 g/mol. The third-order valence-corrected chi connectivity index (χ3v) is 0. The van der Waals surface area contributed by atoms with Gasteiger partial charge in [0, 0.05) is 0 Å². The Labute approximate surface area is 93.9 Å². The van der Waals surface area contributed by atoms with Crippen molar-refractivity contribution in [1.29, 1.82) is 0 Å². The van der Waals surface area contributed by atoms with E-state index in [2.05, 4.69) is 0 Å². The molecule has 0 rings (SSSR count). The van der Waals surface area contributed by atoms with Crippen LogP contribution in [0.4, 0.5) is 0 Å². The van der Waals surface area contributed by atoms with E-state index in [0.29, 0.717) is 0 Å². The van der Waals surface area contributed by atoms with Gasteiger partial charge in [0.05, 0.1) is 0 Å². The minimum Gasteiger partial charge on any atom is -0.870 e. The van der Waals surface area contributed by atoms with Crippen LogP contribution in [0.3, 0.4) is 0 Å². The second-order valence-electron chi connectivity index (χ2n) is 0.577. The Hall–Kier alpha value is 1.37. The van der Waals surface area contributed by atoms with Crippen molar-refractivity contribution in [2.24, 2.45) is 0 Å². The SMILES string of the molecule is CC[O-].CC[O-].[Mg+2].[Mg+2].[OH-].[OH-]. The predicted molar refractivity (Wildman–Crippen MR) is 36.5 cm³/mol. The fourth-order valence-electron chi connectivity index (χ4n) is 0. The molecule has 0 amide bonds. The maximum atomic E-state index is 8.93. The van der Waals surface area contributed by atoms with Crippen LogP contribution in [-0.4, -0.2) is 70.3 Å². The average Bonchev–Trinajstić information content (AvgIpc) is 1.39. The quantitative estimate of drug-likeness (QED) is 0.381. The standard InChI is InChI=1S/2C2H5O.2Mg.2H2O/c2*1-2-3;;;;/h2*2H2,1H3;;;2*1H2/q2*-1;2*+2;;/p-2. The minimum atomic E-state index is 0. The first kappa shape index (κ1) is 42.4. The molecule has 0 saturated carbocycles.